The molecule has 5 nitrogen and oxygen atoms in total. The van der Waals surface area contributed by atoms with Gasteiger partial charge in [0.25, 0.3) is 0 Å². The maximum atomic E-state index is 11.9. The second-order valence-electron chi connectivity index (χ2n) is 3.93. The molecule has 0 bridgehead atoms. The highest BCUT2D eigenvalue weighted by molar-refractivity contribution is 6.08. The Morgan fingerprint density at radius 1 is 1.33 bits per heavy atom. The number of methoxy groups -OCH3 is 1. The van der Waals surface area contributed by atoms with Crippen LogP contribution in [0.25, 0.3) is 10.9 Å². The zero-order valence-corrected chi connectivity index (χ0v) is 9.90. The number of hydrogen-bond donors (Lipinski definition) is 2. The van der Waals surface area contributed by atoms with E-state index in [0.717, 1.165) is 10.9 Å². The van der Waals surface area contributed by atoms with Crippen molar-refractivity contribution >= 4 is 22.7 Å². The molecule has 0 fully saturated rings. The minimum atomic E-state index is -0.968. The molecule has 94 valence electrons. The fraction of sp³-hybridized carbons (Fsp3) is 0.231. The summed E-state index contributed by atoms with van der Waals surface area (Å²) >= 11 is 0. The molecule has 5 heteroatoms. The van der Waals surface area contributed by atoms with Crippen molar-refractivity contribution in [3.8, 4) is 5.75 Å². The number of nitrogens with one attached hydrogen (secondary N) is 1. The van der Waals surface area contributed by atoms with E-state index in [0.29, 0.717) is 11.3 Å². The van der Waals surface area contributed by atoms with E-state index in [4.69, 9.17) is 9.84 Å². The number of ketones is 1. The highest BCUT2D eigenvalue weighted by atomic mass is 16.5. The lowest BCUT2D eigenvalue weighted by molar-refractivity contribution is -0.136. The van der Waals surface area contributed by atoms with Crippen LogP contribution in [0.3, 0.4) is 0 Å². The minimum Gasteiger partial charge on any atom is -0.497 e. The first-order valence-electron chi connectivity index (χ1n) is 5.52. The van der Waals surface area contributed by atoms with E-state index in [1.54, 1.807) is 31.5 Å². The van der Waals surface area contributed by atoms with Crippen LogP contribution >= 0.6 is 0 Å². The predicted molar refractivity (Wildman–Crippen MR) is 66.1 cm³/mol. The van der Waals surface area contributed by atoms with Gasteiger partial charge in [0.05, 0.1) is 13.5 Å². The van der Waals surface area contributed by atoms with Crippen LogP contribution in [0.2, 0.25) is 0 Å². The van der Waals surface area contributed by atoms with Gasteiger partial charge in [-0.3, -0.25) is 9.59 Å². The summed E-state index contributed by atoms with van der Waals surface area (Å²) in [6, 6.07) is 5.35. The largest absolute Gasteiger partial charge is 0.497 e. The Morgan fingerprint density at radius 2 is 2.11 bits per heavy atom. The summed E-state index contributed by atoms with van der Waals surface area (Å²) in [5, 5.41) is 9.35. The van der Waals surface area contributed by atoms with E-state index in [1.165, 1.54) is 0 Å². The number of carboxylic acids is 1. The van der Waals surface area contributed by atoms with E-state index >= 15 is 0 Å². The van der Waals surface area contributed by atoms with Crippen LogP contribution in [-0.4, -0.2) is 29.0 Å². The second-order valence-corrected chi connectivity index (χ2v) is 3.93. The van der Waals surface area contributed by atoms with Crippen molar-refractivity contribution < 1.29 is 19.4 Å². The first-order chi connectivity index (χ1) is 8.61. The van der Waals surface area contributed by atoms with Gasteiger partial charge in [0.2, 0.25) is 0 Å². The molecule has 0 amide bonds. The number of Topliss-reactive ketones (excluding diaryl/α,β-unsaturated/α-hetero) is 1. The third-order valence-corrected chi connectivity index (χ3v) is 2.76. The predicted octanol–water partition coefficient (Wildman–Crippen LogP) is 2.22. The van der Waals surface area contributed by atoms with Crippen LogP contribution in [0.15, 0.2) is 24.4 Å². The van der Waals surface area contributed by atoms with E-state index in [1.807, 2.05) is 0 Å². The van der Waals surface area contributed by atoms with Crippen molar-refractivity contribution in [2.75, 3.05) is 7.11 Å². The molecule has 2 N–H and O–H groups in total. The van der Waals surface area contributed by atoms with Gasteiger partial charge in [0, 0.05) is 35.2 Å². The molecular formula is C13H13NO4. The van der Waals surface area contributed by atoms with Crippen molar-refractivity contribution in [3.05, 3.63) is 30.0 Å². The average molecular weight is 247 g/mol. The summed E-state index contributed by atoms with van der Waals surface area (Å²) in [5.74, 6) is -0.437. The Hall–Kier alpha value is -2.30. The Labute approximate surface area is 103 Å². The van der Waals surface area contributed by atoms with Crippen LogP contribution < -0.4 is 4.74 Å². The lowest BCUT2D eigenvalue weighted by Gasteiger charge is -2.00. The molecular weight excluding hydrogens is 234 g/mol. The molecule has 0 atom stereocenters. The third-order valence-electron chi connectivity index (χ3n) is 2.76. The zero-order valence-electron chi connectivity index (χ0n) is 9.90. The Morgan fingerprint density at radius 3 is 2.78 bits per heavy atom. The number of carbonyl (C=O) groups is 2. The molecule has 1 heterocycles. The molecule has 0 unspecified atom stereocenters. The first-order valence-corrected chi connectivity index (χ1v) is 5.52. The number of fused-ring (bicyclic) bond motifs is 1. The number of carboxylic acid groups (broad SMARTS) is 1. The average Bonchev–Trinajstić information content (AvgIpc) is 2.78. The molecule has 2 aromatic rings. The lowest BCUT2D eigenvalue weighted by Crippen LogP contribution is -2.03. The van der Waals surface area contributed by atoms with E-state index in [9.17, 15) is 9.59 Å². The maximum Gasteiger partial charge on any atom is 0.303 e. The van der Waals surface area contributed by atoms with Gasteiger partial charge in [-0.15, -0.1) is 0 Å². The van der Waals surface area contributed by atoms with Crippen molar-refractivity contribution in [2.24, 2.45) is 0 Å². The summed E-state index contributed by atoms with van der Waals surface area (Å²) in [5.41, 5.74) is 1.32. The highest BCUT2D eigenvalue weighted by Gasteiger charge is 2.13. The van der Waals surface area contributed by atoms with Gasteiger partial charge in [0.15, 0.2) is 5.78 Å². The quantitative estimate of drug-likeness (QED) is 0.794. The summed E-state index contributed by atoms with van der Waals surface area (Å²) in [6.07, 6.45) is 1.46. The Balaban J connectivity index is 2.29. The summed E-state index contributed by atoms with van der Waals surface area (Å²) in [4.78, 5) is 25.3. The number of aliphatic carboxylic acids is 1. The molecule has 18 heavy (non-hydrogen) atoms. The second kappa shape index (κ2) is 4.91. The van der Waals surface area contributed by atoms with Gasteiger partial charge in [-0.05, 0) is 12.1 Å². The molecule has 0 aliphatic carbocycles. The lowest BCUT2D eigenvalue weighted by atomic mass is 10.1. The topological polar surface area (TPSA) is 79.4 Å². The highest BCUT2D eigenvalue weighted by Crippen LogP contribution is 2.24. The van der Waals surface area contributed by atoms with Gasteiger partial charge in [-0.25, -0.2) is 0 Å². The molecule has 1 aromatic heterocycles. The molecule has 0 saturated heterocycles. The van der Waals surface area contributed by atoms with Crippen molar-refractivity contribution in [1.82, 2.24) is 4.98 Å². The van der Waals surface area contributed by atoms with Crippen LogP contribution in [0, 0.1) is 0 Å². The molecule has 0 aliphatic rings. The number of aromatic nitrogens is 1. The molecule has 2 rings (SSSR count). The number of hydrogen-bond acceptors (Lipinski definition) is 3. The number of rotatable bonds is 5. The van der Waals surface area contributed by atoms with Crippen LogP contribution in [0.5, 0.6) is 5.75 Å². The van der Waals surface area contributed by atoms with Gasteiger partial charge >= 0.3 is 5.97 Å². The standard InChI is InChI=1S/C13H13NO4/c1-18-8-2-3-9-10(7-14-11(9)6-8)12(15)4-5-13(16)17/h2-3,6-7,14H,4-5H2,1H3,(H,16,17). The number of H-pyrrole nitrogens is 1. The molecule has 0 aliphatic heterocycles. The van der Waals surface area contributed by atoms with Crippen molar-refractivity contribution in [1.29, 1.82) is 0 Å². The minimum absolute atomic E-state index is 0.00825. The zero-order chi connectivity index (χ0) is 13.1. The molecule has 0 radical (unpaired) electrons. The van der Waals surface area contributed by atoms with E-state index < -0.39 is 5.97 Å². The summed E-state index contributed by atoms with van der Waals surface area (Å²) in [6.45, 7) is 0. The Bertz CT molecular complexity index is 600. The third kappa shape index (κ3) is 2.34. The molecule has 0 spiro atoms. The van der Waals surface area contributed by atoms with Gasteiger partial charge in [0.1, 0.15) is 5.75 Å². The normalized spacial score (nSPS) is 10.5. The van der Waals surface area contributed by atoms with Crippen molar-refractivity contribution in [2.45, 2.75) is 12.8 Å². The molecule has 1 aromatic carbocycles. The summed E-state index contributed by atoms with van der Waals surface area (Å²) in [7, 11) is 1.57. The number of benzene rings is 1. The maximum absolute atomic E-state index is 11.9. The number of carbonyl (C=O) groups excluding carboxylic acids is 1. The van der Waals surface area contributed by atoms with Crippen LogP contribution in [0.1, 0.15) is 23.2 Å². The van der Waals surface area contributed by atoms with E-state index in [-0.39, 0.29) is 18.6 Å². The molecule has 0 saturated carbocycles. The Kier molecular flexibility index (Phi) is 3.32. The van der Waals surface area contributed by atoms with Crippen molar-refractivity contribution in [3.63, 3.8) is 0 Å². The fourth-order valence-corrected chi connectivity index (χ4v) is 1.82. The van der Waals surface area contributed by atoms with E-state index in [2.05, 4.69) is 4.98 Å². The SMILES string of the molecule is COc1ccc2c(C(=O)CCC(=O)O)c[nH]c2c1. The smallest absolute Gasteiger partial charge is 0.303 e. The van der Waals surface area contributed by atoms with Crippen LogP contribution in [0.4, 0.5) is 0 Å². The van der Waals surface area contributed by atoms with Gasteiger partial charge < -0.3 is 14.8 Å². The summed E-state index contributed by atoms with van der Waals surface area (Å²) < 4.78 is 5.09. The first kappa shape index (κ1) is 12.2. The number of ether oxygens (including phenoxy) is 1. The van der Waals surface area contributed by atoms with Gasteiger partial charge in [-0.1, -0.05) is 0 Å². The number of aromatic amines is 1. The fourth-order valence-electron chi connectivity index (χ4n) is 1.82. The van der Waals surface area contributed by atoms with Gasteiger partial charge in [-0.2, -0.15) is 0 Å². The van der Waals surface area contributed by atoms with Crippen LogP contribution in [-0.2, 0) is 4.79 Å². The monoisotopic (exact) mass is 247 g/mol.